The second-order valence-corrected chi connectivity index (χ2v) is 5.57. The van der Waals surface area contributed by atoms with Crippen LogP contribution >= 0.6 is 11.6 Å². The lowest BCUT2D eigenvalue weighted by atomic mass is 10.1. The van der Waals surface area contributed by atoms with E-state index < -0.39 is 0 Å². The first-order chi connectivity index (χ1) is 9.17. The van der Waals surface area contributed by atoms with Crippen LogP contribution in [0.1, 0.15) is 12.0 Å². The van der Waals surface area contributed by atoms with Gasteiger partial charge in [-0.15, -0.1) is 0 Å². The Bertz CT molecular complexity index is 506. The minimum absolute atomic E-state index is 0.159. The smallest absolute Gasteiger partial charge is 0.245 e. The number of rotatable bonds is 2. The van der Waals surface area contributed by atoms with E-state index in [1.165, 1.54) is 0 Å². The van der Waals surface area contributed by atoms with E-state index in [-0.39, 0.29) is 18.1 Å². The van der Waals surface area contributed by atoms with Crippen molar-refractivity contribution in [2.45, 2.75) is 25.0 Å². The number of amides is 1. The molecule has 1 amide bonds. The molecule has 0 aliphatic carbocycles. The number of nitrogens with one attached hydrogen (secondary N) is 1. The number of anilines is 1. The Morgan fingerprint density at radius 3 is 3.11 bits per heavy atom. The third kappa shape index (κ3) is 2.42. The van der Waals surface area contributed by atoms with Gasteiger partial charge in [0.05, 0.1) is 6.10 Å². The molecule has 0 radical (unpaired) electrons. The molecule has 1 aromatic carbocycles. The van der Waals surface area contributed by atoms with Crippen LogP contribution in [0.2, 0.25) is 5.02 Å². The number of hydrogen-bond donors (Lipinski definition) is 1. The van der Waals surface area contributed by atoms with Gasteiger partial charge in [0.2, 0.25) is 5.91 Å². The van der Waals surface area contributed by atoms with Gasteiger partial charge in [0.1, 0.15) is 6.04 Å². The molecule has 2 aliphatic rings. The molecule has 1 fully saturated rings. The zero-order chi connectivity index (χ0) is 13.4. The van der Waals surface area contributed by atoms with Gasteiger partial charge in [-0.3, -0.25) is 4.79 Å². The van der Waals surface area contributed by atoms with Crippen molar-refractivity contribution < 1.29 is 9.53 Å². The van der Waals surface area contributed by atoms with E-state index >= 15 is 0 Å². The Hall–Kier alpha value is -1.26. The number of hydrogen-bond acceptors (Lipinski definition) is 3. The maximum absolute atomic E-state index is 12.4. The van der Waals surface area contributed by atoms with Crippen LogP contribution in [0.25, 0.3) is 0 Å². The van der Waals surface area contributed by atoms with Crippen molar-refractivity contribution in [2.24, 2.45) is 0 Å². The van der Waals surface area contributed by atoms with Gasteiger partial charge >= 0.3 is 0 Å². The van der Waals surface area contributed by atoms with Crippen LogP contribution < -0.4 is 5.32 Å². The molecule has 0 aromatic heterocycles. The van der Waals surface area contributed by atoms with Crippen LogP contribution in [-0.4, -0.2) is 43.2 Å². The fraction of sp³-hybridized carbons (Fsp3) is 0.500. The van der Waals surface area contributed by atoms with Gasteiger partial charge in [0, 0.05) is 37.3 Å². The summed E-state index contributed by atoms with van der Waals surface area (Å²) >= 11 is 5.98. The maximum atomic E-state index is 12.4. The molecule has 1 N–H and O–H groups in total. The highest BCUT2D eigenvalue weighted by Gasteiger charge is 2.34. The Morgan fingerprint density at radius 2 is 2.37 bits per heavy atom. The molecule has 5 heteroatoms. The summed E-state index contributed by atoms with van der Waals surface area (Å²) in [6.07, 6.45) is 1.82. The number of halogens is 1. The molecule has 102 valence electrons. The summed E-state index contributed by atoms with van der Waals surface area (Å²) in [6, 6.07) is 5.55. The van der Waals surface area contributed by atoms with E-state index in [4.69, 9.17) is 16.3 Å². The lowest BCUT2D eigenvalue weighted by Crippen LogP contribution is -2.41. The highest BCUT2D eigenvalue weighted by molar-refractivity contribution is 6.30. The van der Waals surface area contributed by atoms with Gasteiger partial charge in [-0.25, -0.2) is 0 Å². The monoisotopic (exact) mass is 280 g/mol. The van der Waals surface area contributed by atoms with Crippen LogP contribution in [0, 0.1) is 0 Å². The summed E-state index contributed by atoms with van der Waals surface area (Å²) in [7, 11) is 1.70. The van der Waals surface area contributed by atoms with Crippen LogP contribution in [0.5, 0.6) is 0 Å². The Labute approximate surface area is 117 Å². The van der Waals surface area contributed by atoms with E-state index in [1.807, 2.05) is 23.1 Å². The van der Waals surface area contributed by atoms with Gasteiger partial charge in [-0.1, -0.05) is 11.6 Å². The number of benzene rings is 1. The standard InChI is InChI=1S/C14H17ClN2O2/c1-19-11-4-5-17(8-11)14(18)13-7-9-6-10(15)2-3-12(9)16-13/h2-3,6,11,13,16H,4-5,7-8H2,1H3/t11-,13+/m1/s1. The molecule has 2 heterocycles. The second-order valence-electron chi connectivity index (χ2n) is 5.13. The quantitative estimate of drug-likeness (QED) is 0.900. The first-order valence-electron chi connectivity index (χ1n) is 6.54. The average molecular weight is 281 g/mol. The SMILES string of the molecule is CO[C@@H]1CCN(C(=O)[C@@H]2Cc3cc(Cl)ccc3N2)C1. The summed E-state index contributed by atoms with van der Waals surface area (Å²) in [5.41, 5.74) is 2.14. The fourth-order valence-corrected chi connectivity index (χ4v) is 3.02. The topological polar surface area (TPSA) is 41.6 Å². The van der Waals surface area contributed by atoms with Gasteiger partial charge in [0.25, 0.3) is 0 Å². The molecule has 1 aromatic rings. The summed E-state index contributed by atoms with van der Waals surface area (Å²) in [4.78, 5) is 14.3. The fourth-order valence-electron chi connectivity index (χ4n) is 2.82. The molecule has 19 heavy (non-hydrogen) atoms. The number of ether oxygens (including phenoxy) is 1. The minimum Gasteiger partial charge on any atom is -0.380 e. The van der Waals surface area contributed by atoms with Gasteiger partial charge in [-0.05, 0) is 30.2 Å². The predicted molar refractivity (Wildman–Crippen MR) is 74.6 cm³/mol. The van der Waals surface area contributed by atoms with Crippen molar-refractivity contribution in [1.29, 1.82) is 0 Å². The van der Waals surface area contributed by atoms with Crippen molar-refractivity contribution >= 4 is 23.2 Å². The third-order valence-electron chi connectivity index (χ3n) is 3.91. The lowest BCUT2D eigenvalue weighted by Gasteiger charge is -2.20. The third-order valence-corrected chi connectivity index (χ3v) is 4.14. The second kappa shape index (κ2) is 5.02. The Morgan fingerprint density at radius 1 is 1.53 bits per heavy atom. The number of carbonyl (C=O) groups is 1. The molecular weight excluding hydrogens is 264 g/mol. The van der Waals surface area contributed by atoms with Crippen LogP contribution in [0.3, 0.4) is 0 Å². The molecule has 2 aliphatic heterocycles. The number of nitrogens with zero attached hydrogens (tertiary/aromatic N) is 1. The predicted octanol–water partition coefficient (Wildman–Crippen LogP) is 1.92. The highest BCUT2D eigenvalue weighted by atomic mass is 35.5. The van der Waals surface area contributed by atoms with Crippen LogP contribution in [0.4, 0.5) is 5.69 Å². The number of fused-ring (bicyclic) bond motifs is 1. The van der Waals surface area contributed by atoms with E-state index in [0.717, 1.165) is 24.2 Å². The molecule has 0 saturated carbocycles. The van der Waals surface area contributed by atoms with Crippen LogP contribution in [0.15, 0.2) is 18.2 Å². The summed E-state index contributed by atoms with van der Waals surface area (Å²) in [5, 5.41) is 4.00. The highest BCUT2D eigenvalue weighted by Crippen LogP contribution is 2.29. The molecule has 1 saturated heterocycles. The number of methoxy groups -OCH3 is 1. The molecule has 0 unspecified atom stereocenters. The van der Waals surface area contributed by atoms with Gasteiger partial charge in [0.15, 0.2) is 0 Å². The molecule has 0 spiro atoms. The largest absolute Gasteiger partial charge is 0.380 e. The van der Waals surface area contributed by atoms with Crippen molar-refractivity contribution in [3.8, 4) is 0 Å². The van der Waals surface area contributed by atoms with Crippen LogP contribution in [-0.2, 0) is 16.0 Å². The maximum Gasteiger partial charge on any atom is 0.245 e. The van der Waals surface area contributed by atoms with Gasteiger partial charge in [-0.2, -0.15) is 0 Å². The lowest BCUT2D eigenvalue weighted by molar-refractivity contribution is -0.131. The minimum atomic E-state index is -0.163. The van der Waals surface area contributed by atoms with E-state index in [2.05, 4.69) is 5.32 Å². The molecule has 3 rings (SSSR count). The zero-order valence-electron chi connectivity index (χ0n) is 10.9. The molecule has 0 bridgehead atoms. The summed E-state index contributed by atoms with van der Waals surface area (Å²) in [6.45, 7) is 1.48. The average Bonchev–Trinajstić information content (AvgIpc) is 3.03. The summed E-state index contributed by atoms with van der Waals surface area (Å²) in [5.74, 6) is 0.159. The Balaban J connectivity index is 1.68. The summed E-state index contributed by atoms with van der Waals surface area (Å²) < 4.78 is 5.30. The van der Waals surface area contributed by atoms with Crippen molar-refractivity contribution in [3.05, 3.63) is 28.8 Å². The van der Waals surface area contributed by atoms with Crippen molar-refractivity contribution in [3.63, 3.8) is 0 Å². The first kappa shape index (κ1) is 12.8. The molecular formula is C14H17ClN2O2. The number of likely N-dealkylation sites (tertiary alicyclic amines) is 1. The van der Waals surface area contributed by atoms with E-state index in [9.17, 15) is 4.79 Å². The van der Waals surface area contributed by atoms with Gasteiger partial charge < -0.3 is 15.0 Å². The zero-order valence-corrected chi connectivity index (χ0v) is 11.6. The molecule has 2 atom stereocenters. The van der Waals surface area contributed by atoms with E-state index in [0.29, 0.717) is 18.0 Å². The first-order valence-corrected chi connectivity index (χ1v) is 6.91. The van der Waals surface area contributed by atoms with E-state index in [1.54, 1.807) is 7.11 Å². The number of carbonyl (C=O) groups excluding carboxylic acids is 1. The normalized spacial score (nSPS) is 25.3. The van der Waals surface area contributed by atoms with Crippen molar-refractivity contribution in [2.75, 3.05) is 25.5 Å². The van der Waals surface area contributed by atoms with Crippen molar-refractivity contribution in [1.82, 2.24) is 4.90 Å². The Kier molecular flexibility index (Phi) is 3.37. The molecule has 4 nitrogen and oxygen atoms in total.